The Morgan fingerprint density at radius 2 is 1.77 bits per heavy atom. The van der Waals surface area contributed by atoms with Crippen molar-refractivity contribution in [1.82, 2.24) is 9.78 Å². The minimum absolute atomic E-state index is 0.0791. The number of nitro benzene ring substituents is 1. The van der Waals surface area contributed by atoms with Crippen LogP contribution in [0.1, 0.15) is 11.3 Å². The van der Waals surface area contributed by atoms with Gasteiger partial charge in [-0.2, -0.15) is 5.10 Å². The number of benzene rings is 2. The van der Waals surface area contributed by atoms with Gasteiger partial charge in [-0.1, -0.05) is 30.3 Å². The van der Waals surface area contributed by atoms with E-state index in [1.165, 1.54) is 17.7 Å². The molecule has 0 N–H and O–H groups in total. The second kappa shape index (κ2) is 6.27. The summed E-state index contributed by atoms with van der Waals surface area (Å²) in [5.41, 5.74) is 3.06. The van der Waals surface area contributed by atoms with E-state index in [-0.39, 0.29) is 5.69 Å². The Morgan fingerprint density at radius 3 is 2.41 bits per heavy atom. The smallest absolute Gasteiger partial charge is 0.258 e. The third-order valence-corrected chi connectivity index (χ3v) is 4.02. The minimum Gasteiger partial charge on any atom is -0.258 e. The van der Waals surface area contributed by atoms with E-state index >= 15 is 0 Å². The van der Waals surface area contributed by atoms with Gasteiger partial charge in [-0.25, -0.2) is 4.68 Å². The first kappa shape index (κ1) is 14.7. The van der Waals surface area contributed by atoms with Gasteiger partial charge in [0.25, 0.3) is 5.69 Å². The highest BCUT2D eigenvalue weighted by molar-refractivity contribution is 14.1. The molecule has 6 heteroatoms. The molecule has 3 aromatic rings. The first-order chi connectivity index (χ1) is 10.6. The standard InChI is InChI=1S/C16H12IN3O2/c17-16-11-13(10-12-4-2-1-3-5-12)18-19(16)14-6-8-15(9-7-14)20(21)22/h1-9,11H,10H2. The van der Waals surface area contributed by atoms with Gasteiger partial charge in [0.1, 0.15) is 3.70 Å². The maximum absolute atomic E-state index is 10.7. The van der Waals surface area contributed by atoms with E-state index in [2.05, 4.69) is 39.8 Å². The van der Waals surface area contributed by atoms with Crippen molar-refractivity contribution in [2.24, 2.45) is 0 Å². The van der Waals surface area contributed by atoms with Gasteiger partial charge in [-0.3, -0.25) is 10.1 Å². The molecule has 0 unspecified atom stereocenters. The third kappa shape index (κ3) is 3.16. The first-order valence-corrected chi connectivity index (χ1v) is 7.74. The van der Waals surface area contributed by atoms with Crippen molar-refractivity contribution in [3.8, 4) is 5.69 Å². The van der Waals surface area contributed by atoms with Crippen LogP contribution in [0.15, 0.2) is 60.7 Å². The van der Waals surface area contributed by atoms with Crippen LogP contribution in [0.5, 0.6) is 0 Å². The molecule has 2 aromatic carbocycles. The van der Waals surface area contributed by atoms with Crippen LogP contribution in [0.4, 0.5) is 5.69 Å². The average Bonchev–Trinajstić information content (AvgIpc) is 2.89. The van der Waals surface area contributed by atoms with Crippen LogP contribution in [0.25, 0.3) is 5.69 Å². The Bertz CT molecular complexity index is 798. The van der Waals surface area contributed by atoms with Crippen molar-refractivity contribution in [2.45, 2.75) is 6.42 Å². The second-order valence-electron chi connectivity index (χ2n) is 4.81. The lowest BCUT2D eigenvalue weighted by Gasteiger charge is -2.02. The third-order valence-electron chi connectivity index (χ3n) is 3.25. The zero-order chi connectivity index (χ0) is 15.5. The van der Waals surface area contributed by atoms with Crippen LogP contribution < -0.4 is 0 Å². The fourth-order valence-corrected chi connectivity index (χ4v) is 2.94. The van der Waals surface area contributed by atoms with E-state index in [0.29, 0.717) is 0 Å². The van der Waals surface area contributed by atoms with Gasteiger partial charge in [-0.05, 0) is 46.4 Å². The minimum atomic E-state index is -0.404. The molecule has 0 atom stereocenters. The van der Waals surface area contributed by atoms with Crippen molar-refractivity contribution < 1.29 is 4.92 Å². The van der Waals surface area contributed by atoms with Gasteiger partial charge < -0.3 is 0 Å². The number of aromatic nitrogens is 2. The summed E-state index contributed by atoms with van der Waals surface area (Å²) in [4.78, 5) is 10.3. The molecule has 0 amide bonds. The SMILES string of the molecule is O=[N+]([O-])c1ccc(-n2nc(Cc3ccccc3)cc2I)cc1. The molecule has 0 radical (unpaired) electrons. The lowest BCUT2D eigenvalue weighted by molar-refractivity contribution is -0.384. The van der Waals surface area contributed by atoms with Gasteiger partial charge >= 0.3 is 0 Å². The molecule has 0 aliphatic carbocycles. The average molecular weight is 405 g/mol. The number of non-ortho nitro benzene ring substituents is 1. The molecule has 110 valence electrons. The highest BCUT2D eigenvalue weighted by Crippen LogP contribution is 2.19. The highest BCUT2D eigenvalue weighted by Gasteiger charge is 2.10. The van der Waals surface area contributed by atoms with Gasteiger partial charge in [0, 0.05) is 18.6 Å². The predicted molar refractivity (Wildman–Crippen MR) is 92.2 cm³/mol. The Morgan fingerprint density at radius 1 is 1.09 bits per heavy atom. The first-order valence-electron chi connectivity index (χ1n) is 6.67. The summed E-state index contributed by atoms with van der Waals surface area (Å²) in [5.74, 6) is 0. The van der Waals surface area contributed by atoms with Gasteiger partial charge in [0.05, 0.1) is 16.3 Å². The van der Waals surface area contributed by atoms with Gasteiger partial charge in [-0.15, -0.1) is 0 Å². The van der Waals surface area contributed by atoms with Crippen molar-refractivity contribution in [2.75, 3.05) is 0 Å². The molecular formula is C16H12IN3O2. The molecule has 0 saturated carbocycles. The molecule has 1 aromatic heterocycles. The summed E-state index contributed by atoms with van der Waals surface area (Å²) in [6.07, 6.45) is 0.761. The Hall–Kier alpha value is -2.22. The number of rotatable bonds is 4. The fraction of sp³-hybridized carbons (Fsp3) is 0.0625. The molecule has 22 heavy (non-hydrogen) atoms. The van der Waals surface area contributed by atoms with Crippen molar-refractivity contribution in [3.05, 3.63) is 85.7 Å². The molecular weight excluding hydrogens is 393 g/mol. The Balaban J connectivity index is 1.87. The highest BCUT2D eigenvalue weighted by atomic mass is 127. The number of hydrogen-bond donors (Lipinski definition) is 0. The van der Waals surface area contributed by atoms with Gasteiger partial charge in [0.2, 0.25) is 0 Å². The number of hydrogen-bond acceptors (Lipinski definition) is 3. The zero-order valence-electron chi connectivity index (χ0n) is 11.5. The summed E-state index contributed by atoms with van der Waals surface area (Å²) in [6.45, 7) is 0. The van der Waals surface area contributed by atoms with Crippen molar-refractivity contribution in [3.63, 3.8) is 0 Å². The van der Waals surface area contributed by atoms with Crippen LogP contribution in [-0.4, -0.2) is 14.7 Å². The van der Waals surface area contributed by atoms with Crippen LogP contribution in [0.3, 0.4) is 0 Å². The number of halogens is 1. The van der Waals surface area contributed by atoms with Crippen LogP contribution in [0, 0.1) is 13.8 Å². The van der Waals surface area contributed by atoms with Gasteiger partial charge in [0.15, 0.2) is 0 Å². The Kier molecular flexibility index (Phi) is 4.19. The maximum atomic E-state index is 10.7. The lowest BCUT2D eigenvalue weighted by Crippen LogP contribution is -2.00. The summed E-state index contributed by atoms with van der Waals surface area (Å²) >= 11 is 2.22. The van der Waals surface area contributed by atoms with E-state index in [1.807, 2.05) is 24.3 Å². The molecule has 0 aliphatic rings. The van der Waals surface area contributed by atoms with E-state index in [4.69, 9.17) is 0 Å². The summed E-state index contributed by atoms with van der Waals surface area (Å²) < 4.78 is 2.76. The molecule has 0 fully saturated rings. The van der Waals surface area contributed by atoms with Crippen molar-refractivity contribution in [1.29, 1.82) is 0 Å². The molecule has 1 heterocycles. The van der Waals surface area contributed by atoms with E-state index in [1.54, 1.807) is 16.8 Å². The van der Waals surface area contributed by atoms with Crippen LogP contribution in [-0.2, 0) is 6.42 Å². The largest absolute Gasteiger partial charge is 0.269 e. The maximum Gasteiger partial charge on any atom is 0.269 e. The lowest BCUT2D eigenvalue weighted by atomic mass is 10.1. The summed E-state index contributed by atoms with van der Waals surface area (Å²) in [6, 6.07) is 18.6. The number of nitro groups is 1. The van der Waals surface area contributed by atoms with Crippen LogP contribution in [0.2, 0.25) is 0 Å². The second-order valence-corrected chi connectivity index (χ2v) is 5.91. The zero-order valence-corrected chi connectivity index (χ0v) is 13.7. The normalized spacial score (nSPS) is 10.6. The quantitative estimate of drug-likeness (QED) is 0.375. The number of nitrogens with zero attached hydrogens (tertiary/aromatic N) is 3. The molecule has 0 saturated heterocycles. The molecule has 0 aliphatic heterocycles. The summed E-state index contributed by atoms with van der Waals surface area (Å²) in [7, 11) is 0. The topological polar surface area (TPSA) is 61.0 Å². The molecule has 0 bridgehead atoms. The van der Waals surface area contributed by atoms with E-state index in [9.17, 15) is 10.1 Å². The molecule has 5 nitrogen and oxygen atoms in total. The van der Waals surface area contributed by atoms with E-state index in [0.717, 1.165) is 21.5 Å². The predicted octanol–water partition coefficient (Wildman–Crippen LogP) is 3.98. The summed E-state index contributed by atoms with van der Waals surface area (Å²) in [5, 5.41) is 15.3. The van der Waals surface area contributed by atoms with Crippen LogP contribution >= 0.6 is 22.6 Å². The monoisotopic (exact) mass is 405 g/mol. The van der Waals surface area contributed by atoms with Crippen molar-refractivity contribution >= 4 is 28.3 Å². The Labute approximate surface area is 140 Å². The molecule has 0 spiro atoms. The molecule has 3 rings (SSSR count). The fourth-order valence-electron chi connectivity index (χ4n) is 2.19. The van der Waals surface area contributed by atoms with E-state index < -0.39 is 4.92 Å².